The minimum absolute atomic E-state index is 0.304. The van der Waals surface area contributed by atoms with Crippen LogP contribution in [0.2, 0.25) is 5.02 Å². The van der Waals surface area contributed by atoms with Gasteiger partial charge in [0.05, 0.1) is 20.8 Å². The van der Waals surface area contributed by atoms with Crippen molar-refractivity contribution in [3.05, 3.63) is 47.0 Å². The fourth-order valence-electron chi connectivity index (χ4n) is 2.11. The van der Waals surface area contributed by atoms with Crippen molar-refractivity contribution in [2.75, 3.05) is 32.7 Å². The quantitative estimate of drug-likeness (QED) is 0.732. The number of rotatable bonds is 7. The number of benzene rings is 2. The standard InChI is InChI=1S/C18H21ClN2O4/c1-12-16(19)5-4-6-17(12)21-18(22)20-7-8-25-15-10-13(23-2)9-14(11-15)24-3/h4-6,9-11H,7-8H2,1-3H3,(H2,20,21,22). The zero-order valence-electron chi connectivity index (χ0n) is 14.4. The molecule has 0 spiro atoms. The lowest BCUT2D eigenvalue weighted by Gasteiger charge is -2.12. The van der Waals surface area contributed by atoms with Crippen molar-refractivity contribution >= 4 is 23.3 Å². The van der Waals surface area contributed by atoms with Gasteiger partial charge in [-0.3, -0.25) is 0 Å². The second-order valence-corrected chi connectivity index (χ2v) is 5.60. The Hall–Kier alpha value is -2.60. The molecule has 0 unspecified atom stereocenters. The van der Waals surface area contributed by atoms with E-state index in [9.17, 15) is 4.79 Å². The Labute approximate surface area is 152 Å². The number of carbonyl (C=O) groups is 1. The summed E-state index contributed by atoms with van der Waals surface area (Å²) in [4.78, 5) is 11.9. The number of ether oxygens (including phenoxy) is 3. The van der Waals surface area contributed by atoms with Gasteiger partial charge in [-0.2, -0.15) is 0 Å². The smallest absolute Gasteiger partial charge is 0.319 e. The van der Waals surface area contributed by atoms with E-state index >= 15 is 0 Å². The summed E-state index contributed by atoms with van der Waals surface area (Å²) in [7, 11) is 3.14. The third-order valence-electron chi connectivity index (χ3n) is 3.50. The van der Waals surface area contributed by atoms with Crippen molar-refractivity contribution in [3.63, 3.8) is 0 Å². The average molecular weight is 365 g/mol. The molecule has 2 aromatic rings. The molecule has 2 N–H and O–H groups in total. The number of methoxy groups -OCH3 is 2. The molecule has 0 aromatic heterocycles. The molecule has 0 heterocycles. The van der Waals surface area contributed by atoms with Gasteiger partial charge in [-0.1, -0.05) is 17.7 Å². The summed E-state index contributed by atoms with van der Waals surface area (Å²) in [6, 6.07) is 10.3. The van der Waals surface area contributed by atoms with Crippen LogP contribution in [0.15, 0.2) is 36.4 Å². The van der Waals surface area contributed by atoms with Gasteiger partial charge in [0.1, 0.15) is 23.9 Å². The number of hydrogen-bond acceptors (Lipinski definition) is 4. The topological polar surface area (TPSA) is 68.8 Å². The first-order valence-electron chi connectivity index (χ1n) is 7.69. The van der Waals surface area contributed by atoms with E-state index in [0.717, 1.165) is 5.56 Å². The van der Waals surface area contributed by atoms with Crippen molar-refractivity contribution in [2.45, 2.75) is 6.92 Å². The van der Waals surface area contributed by atoms with Crippen LogP contribution in [0.25, 0.3) is 0 Å². The van der Waals surface area contributed by atoms with E-state index in [1.165, 1.54) is 0 Å². The molecule has 0 atom stereocenters. The molecule has 25 heavy (non-hydrogen) atoms. The predicted molar refractivity (Wildman–Crippen MR) is 98.3 cm³/mol. The van der Waals surface area contributed by atoms with Crippen LogP contribution in [0.4, 0.5) is 10.5 Å². The molecule has 0 saturated heterocycles. The van der Waals surface area contributed by atoms with E-state index in [-0.39, 0.29) is 6.03 Å². The summed E-state index contributed by atoms with van der Waals surface area (Å²) in [6.45, 7) is 2.49. The second-order valence-electron chi connectivity index (χ2n) is 5.19. The Bertz CT molecular complexity index is 715. The normalized spacial score (nSPS) is 10.1. The highest BCUT2D eigenvalue weighted by atomic mass is 35.5. The minimum Gasteiger partial charge on any atom is -0.496 e. The molecule has 0 aliphatic heterocycles. The van der Waals surface area contributed by atoms with Crippen LogP contribution in [0, 0.1) is 6.92 Å². The summed E-state index contributed by atoms with van der Waals surface area (Å²) in [5.74, 6) is 1.87. The molecule has 7 heteroatoms. The lowest BCUT2D eigenvalue weighted by Crippen LogP contribution is -2.32. The summed E-state index contributed by atoms with van der Waals surface area (Å²) in [5, 5.41) is 6.09. The van der Waals surface area contributed by atoms with Gasteiger partial charge >= 0.3 is 6.03 Å². The van der Waals surface area contributed by atoms with E-state index in [1.807, 2.05) is 6.92 Å². The highest BCUT2D eigenvalue weighted by Gasteiger charge is 2.07. The lowest BCUT2D eigenvalue weighted by molar-refractivity contribution is 0.247. The number of hydrogen-bond donors (Lipinski definition) is 2. The van der Waals surface area contributed by atoms with Gasteiger partial charge in [0.25, 0.3) is 0 Å². The van der Waals surface area contributed by atoms with Crippen LogP contribution in [0.5, 0.6) is 17.2 Å². The third kappa shape index (κ3) is 5.46. The maximum atomic E-state index is 11.9. The van der Waals surface area contributed by atoms with E-state index in [1.54, 1.807) is 50.6 Å². The number of carbonyl (C=O) groups excluding carboxylic acids is 1. The fourth-order valence-corrected chi connectivity index (χ4v) is 2.28. The van der Waals surface area contributed by atoms with Crippen LogP contribution in [-0.2, 0) is 0 Å². The van der Waals surface area contributed by atoms with Gasteiger partial charge in [0.2, 0.25) is 0 Å². The molecule has 0 aliphatic rings. The Morgan fingerprint density at radius 1 is 1.08 bits per heavy atom. The van der Waals surface area contributed by atoms with E-state index in [2.05, 4.69) is 10.6 Å². The zero-order chi connectivity index (χ0) is 18.2. The summed E-state index contributed by atoms with van der Waals surface area (Å²) in [5.41, 5.74) is 1.49. The largest absolute Gasteiger partial charge is 0.496 e. The van der Waals surface area contributed by atoms with Crippen LogP contribution in [-0.4, -0.2) is 33.4 Å². The first-order valence-corrected chi connectivity index (χ1v) is 8.07. The van der Waals surface area contributed by atoms with Crippen molar-refractivity contribution < 1.29 is 19.0 Å². The van der Waals surface area contributed by atoms with Gasteiger partial charge in [0.15, 0.2) is 0 Å². The molecule has 2 aromatic carbocycles. The second kappa shape index (κ2) is 9.03. The number of nitrogens with one attached hydrogen (secondary N) is 2. The molecule has 2 rings (SSSR count). The Kier molecular flexibility index (Phi) is 6.77. The van der Waals surface area contributed by atoms with E-state index in [0.29, 0.717) is 41.1 Å². The molecular formula is C18H21ClN2O4. The maximum Gasteiger partial charge on any atom is 0.319 e. The Morgan fingerprint density at radius 2 is 1.72 bits per heavy atom. The lowest BCUT2D eigenvalue weighted by atomic mass is 10.2. The van der Waals surface area contributed by atoms with Crippen LogP contribution in [0.1, 0.15) is 5.56 Å². The number of urea groups is 1. The van der Waals surface area contributed by atoms with Gasteiger partial charge in [-0.15, -0.1) is 0 Å². The zero-order valence-corrected chi connectivity index (χ0v) is 15.1. The number of halogens is 1. The SMILES string of the molecule is COc1cc(OC)cc(OCCNC(=O)Nc2cccc(Cl)c2C)c1. The highest BCUT2D eigenvalue weighted by Crippen LogP contribution is 2.27. The summed E-state index contributed by atoms with van der Waals surface area (Å²) < 4.78 is 16.0. The molecule has 0 radical (unpaired) electrons. The van der Waals surface area contributed by atoms with Gasteiger partial charge < -0.3 is 24.8 Å². The van der Waals surface area contributed by atoms with Crippen molar-refractivity contribution in [2.24, 2.45) is 0 Å². The molecule has 0 bridgehead atoms. The Balaban J connectivity index is 1.81. The highest BCUT2D eigenvalue weighted by molar-refractivity contribution is 6.31. The molecule has 0 saturated carbocycles. The molecule has 2 amide bonds. The number of anilines is 1. The minimum atomic E-state index is -0.322. The summed E-state index contributed by atoms with van der Waals surface area (Å²) in [6.07, 6.45) is 0. The first-order chi connectivity index (χ1) is 12.0. The van der Waals surface area contributed by atoms with Crippen LogP contribution >= 0.6 is 11.6 Å². The summed E-state index contributed by atoms with van der Waals surface area (Å²) >= 11 is 6.03. The number of amides is 2. The van der Waals surface area contributed by atoms with Crippen LogP contribution in [0.3, 0.4) is 0 Å². The van der Waals surface area contributed by atoms with Gasteiger partial charge in [-0.05, 0) is 24.6 Å². The van der Waals surface area contributed by atoms with Crippen LogP contribution < -0.4 is 24.8 Å². The first kappa shape index (κ1) is 18.7. The molecule has 0 fully saturated rings. The maximum absolute atomic E-state index is 11.9. The predicted octanol–water partition coefficient (Wildman–Crippen LogP) is 3.87. The molecule has 134 valence electrons. The van der Waals surface area contributed by atoms with Gasteiger partial charge in [-0.25, -0.2) is 4.79 Å². The molecule has 6 nitrogen and oxygen atoms in total. The van der Waals surface area contributed by atoms with Crippen molar-refractivity contribution in [1.29, 1.82) is 0 Å². The van der Waals surface area contributed by atoms with E-state index < -0.39 is 0 Å². The van der Waals surface area contributed by atoms with Crippen molar-refractivity contribution in [1.82, 2.24) is 5.32 Å². The van der Waals surface area contributed by atoms with Gasteiger partial charge in [0, 0.05) is 28.9 Å². The van der Waals surface area contributed by atoms with E-state index in [4.69, 9.17) is 25.8 Å². The molecular weight excluding hydrogens is 344 g/mol. The monoisotopic (exact) mass is 364 g/mol. The average Bonchev–Trinajstić information content (AvgIpc) is 2.62. The Morgan fingerprint density at radius 3 is 2.36 bits per heavy atom. The fraction of sp³-hybridized carbons (Fsp3) is 0.278. The third-order valence-corrected chi connectivity index (χ3v) is 3.91. The molecule has 0 aliphatic carbocycles. The van der Waals surface area contributed by atoms with Crippen molar-refractivity contribution in [3.8, 4) is 17.2 Å².